The molecule has 0 amide bonds. The van der Waals surface area contributed by atoms with E-state index in [2.05, 4.69) is 5.32 Å². The molecule has 0 spiro atoms. The lowest BCUT2D eigenvalue weighted by Gasteiger charge is -2.18. The van der Waals surface area contributed by atoms with Crippen LogP contribution in [0.4, 0.5) is 11.5 Å². The fourth-order valence-corrected chi connectivity index (χ4v) is 4.55. The molecule has 0 aliphatic rings. The normalized spacial score (nSPS) is 10.9. The second-order valence-corrected chi connectivity index (χ2v) is 8.58. The minimum atomic E-state index is -0.224. The molecule has 6 nitrogen and oxygen atoms in total. The number of methoxy groups -OCH3 is 1. The maximum absolute atomic E-state index is 13.5. The number of hydrogen-bond donors (Lipinski definition) is 1. The predicted octanol–water partition coefficient (Wildman–Crippen LogP) is 6.57. The molecule has 0 atom stereocenters. The van der Waals surface area contributed by atoms with Crippen molar-refractivity contribution in [3.63, 3.8) is 0 Å². The van der Waals surface area contributed by atoms with Gasteiger partial charge in [-0.15, -0.1) is 0 Å². The number of aromatic nitrogens is 3. The van der Waals surface area contributed by atoms with Crippen molar-refractivity contribution in [2.45, 2.75) is 0 Å². The van der Waals surface area contributed by atoms with Gasteiger partial charge < -0.3 is 10.1 Å². The van der Waals surface area contributed by atoms with Gasteiger partial charge in [0, 0.05) is 23.0 Å². The minimum absolute atomic E-state index is 0.224. The number of nitrogens with zero attached hydrogens (tertiary/aromatic N) is 3. The van der Waals surface area contributed by atoms with Crippen LogP contribution in [0.25, 0.3) is 33.7 Å². The number of fused-ring (bicyclic) bond motifs is 1. The first-order chi connectivity index (χ1) is 18.2. The fraction of sp³-hybridized carbons (Fsp3) is 0.0323. The van der Waals surface area contributed by atoms with E-state index >= 15 is 0 Å². The molecular formula is C31H24N4O2. The Kier molecular flexibility index (Phi) is 5.75. The summed E-state index contributed by atoms with van der Waals surface area (Å²) in [6.07, 6.45) is 0. The summed E-state index contributed by atoms with van der Waals surface area (Å²) in [4.78, 5) is 13.5. The summed E-state index contributed by atoms with van der Waals surface area (Å²) < 4.78 is 8.93. The highest BCUT2D eigenvalue weighted by Gasteiger charge is 2.23. The largest absolute Gasteiger partial charge is 0.497 e. The highest BCUT2D eigenvalue weighted by molar-refractivity contribution is 5.92. The van der Waals surface area contributed by atoms with E-state index in [1.54, 1.807) is 13.2 Å². The fourth-order valence-electron chi connectivity index (χ4n) is 4.55. The summed E-state index contributed by atoms with van der Waals surface area (Å²) in [6, 6.07) is 39.2. The maximum atomic E-state index is 13.5. The van der Waals surface area contributed by atoms with Gasteiger partial charge in [0.25, 0.3) is 5.56 Å². The molecule has 0 aliphatic heterocycles. The molecular weight excluding hydrogens is 460 g/mol. The standard InChI is InChI=1S/C31H24N4O2/c1-37-26-19-17-25(18-20-26)34-27(32-24-15-9-4-10-16-24)21-28(36)35-31(34)29(22-11-5-2-6-12-22)30(33-35)23-13-7-3-8-14-23/h2-21,32H,1H3. The molecule has 0 aliphatic carbocycles. The molecule has 0 radical (unpaired) electrons. The Bertz CT molecular complexity index is 1720. The quantitative estimate of drug-likeness (QED) is 0.290. The molecule has 6 rings (SSSR count). The Labute approximate surface area is 214 Å². The van der Waals surface area contributed by atoms with Crippen LogP contribution in [0.15, 0.2) is 126 Å². The van der Waals surface area contributed by atoms with Crippen LogP contribution in [0.3, 0.4) is 0 Å². The number of nitrogens with one attached hydrogen (secondary N) is 1. The predicted molar refractivity (Wildman–Crippen MR) is 148 cm³/mol. The van der Waals surface area contributed by atoms with Crippen molar-refractivity contribution in [2.75, 3.05) is 12.4 Å². The van der Waals surface area contributed by atoms with Crippen LogP contribution in [0.2, 0.25) is 0 Å². The van der Waals surface area contributed by atoms with E-state index in [0.29, 0.717) is 11.5 Å². The van der Waals surface area contributed by atoms with Gasteiger partial charge in [-0.1, -0.05) is 78.9 Å². The molecule has 2 aromatic heterocycles. The van der Waals surface area contributed by atoms with E-state index in [-0.39, 0.29) is 5.56 Å². The van der Waals surface area contributed by atoms with Crippen molar-refractivity contribution in [3.8, 4) is 33.8 Å². The third kappa shape index (κ3) is 4.15. The molecule has 0 bridgehead atoms. The van der Waals surface area contributed by atoms with E-state index in [4.69, 9.17) is 9.84 Å². The Morgan fingerprint density at radius 1 is 0.730 bits per heavy atom. The average molecular weight is 485 g/mol. The number of rotatable bonds is 6. The summed E-state index contributed by atoms with van der Waals surface area (Å²) >= 11 is 0. The summed E-state index contributed by atoms with van der Waals surface area (Å²) in [5.41, 5.74) is 5.69. The molecule has 37 heavy (non-hydrogen) atoms. The van der Waals surface area contributed by atoms with E-state index in [9.17, 15) is 4.79 Å². The van der Waals surface area contributed by atoms with Crippen molar-refractivity contribution >= 4 is 17.2 Å². The molecule has 0 saturated heterocycles. The Balaban J connectivity index is 1.73. The second-order valence-electron chi connectivity index (χ2n) is 8.58. The highest BCUT2D eigenvalue weighted by atomic mass is 16.5. The van der Waals surface area contributed by atoms with Gasteiger partial charge in [-0.05, 0) is 42.0 Å². The molecule has 1 N–H and O–H groups in total. The van der Waals surface area contributed by atoms with Crippen molar-refractivity contribution in [3.05, 3.63) is 132 Å². The van der Waals surface area contributed by atoms with Crippen molar-refractivity contribution in [1.29, 1.82) is 0 Å². The van der Waals surface area contributed by atoms with Crippen LogP contribution in [0.5, 0.6) is 5.75 Å². The van der Waals surface area contributed by atoms with Gasteiger partial charge in [-0.2, -0.15) is 9.61 Å². The molecule has 4 aromatic carbocycles. The first-order valence-corrected chi connectivity index (χ1v) is 12.0. The Hall–Kier alpha value is -5.10. The van der Waals surface area contributed by atoms with Gasteiger partial charge in [0.1, 0.15) is 17.3 Å². The van der Waals surface area contributed by atoms with E-state index < -0.39 is 0 Å². The zero-order valence-corrected chi connectivity index (χ0v) is 20.2. The Morgan fingerprint density at radius 2 is 1.32 bits per heavy atom. The minimum Gasteiger partial charge on any atom is -0.497 e. The number of hydrogen-bond acceptors (Lipinski definition) is 4. The number of para-hydroxylation sites is 1. The monoisotopic (exact) mass is 484 g/mol. The summed E-state index contributed by atoms with van der Waals surface area (Å²) in [5.74, 6) is 1.38. The van der Waals surface area contributed by atoms with Crippen molar-refractivity contribution in [1.82, 2.24) is 14.2 Å². The van der Waals surface area contributed by atoms with Gasteiger partial charge >= 0.3 is 0 Å². The van der Waals surface area contributed by atoms with Crippen molar-refractivity contribution < 1.29 is 4.74 Å². The molecule has 0 fully saturated rings. The van der Waals surface area contributed by atoms with Crippen LogP contribution in [0.1, 0.15) is 0 Å². The first kappa shape index (κ1) is 22.4. The summed E-state index contributed by atoms with van der Waals surface area (Å²) in [7, 11) is 1.64. The molecule has 2 heterocycles. The van der Waals surface area contributed by atoms with E-state index in [1.165, 1.54) is 4.52 Å². The SMILES string of the molecule is COc1ccc(-n2c(Nc3ccccc3)cc(=O)n3nc(-c4ccccc4)c(-c4ccccc4)c23)cc1. The summed E-state index contributed by atoms with van der Waals surface area (Å²) in [5, 5.41) is 8.31. The zero-order chi connectivity index (χ0) is 25.2. The average Bonchev–Trinajstić information content (AvgIpc) is 3.36. The van der Waals surface area contributed by atoms with Crippen LogP contribution < -0.4 is 15.6 Å². The van der Waals surface area contributed by atoms with Crippen LogP contribution in [0, 0.1) is 0 Å². The van der Waals surface area contributed by atoms with Gasteiger partial charge in [0.05, 0.1) is 12.7 Å². The highest BCUT2D eigenvalue weighted by Crippen LogP contribution is 2.37. The number of benzene rings is 4. The zero-order valence-electron chi connectivity index (χ0n) is 20.2. The number of anilines is 2. The van der Waals surface area contributed by atoms with Gasteiger partial charge in [0.15, 0.2) is 5.65 Å². The lowest BCUT2D eigenvalue weighted by Crippen LogP contribution is -2.20. The van der Waals surface area contributed by atoms with Gasteiger partial charge in [-0.25, -0.2) is 0 Å². The third-order valence-corrected chi connectivity index (χ3v) is 6.27. The van der Waals surface area contributed by atoms with E-state index in [0.717, 1.165) is 39.5 Å². The van der Waals surface area contributed by atoms with Gasteiger partial charge in [-0.3, -0.25) is 9.36 Å². The Morgan fingerprint density at radius 3 is 1.95 bits per heavy atom. The third-order valence-electron chi connectivity index (χ3n) is 6.27. The van der Waals surface area contributed by atoms with Gasteiger partial charge in [0.2, 0.25) is 0 Å². The second kappa shape index (κ2) is 9.51. The van der Waals surface area contributed by atoms with Crippen LogP contribution in [-0.4, -0.2) is 21.3 Å². The molecule has 0 unspecified atom stereocenters. The topological polar surface area (TPSA) is 60.6 Å². The lowest BCUT2D eigenvalue weighted by atomic mass is 10.0. The van der Waals surface area contributed by atoms with Crippen LogP contribution in [-0.2, 0) is 0 Å². The van der Waals surface area contributed by atoms with E-state index in [1.807, 2.05) is 120 Å². The number of ether oxygens (including phenoxy) is 1. The smallest absolute Gasteiger partial charge is 0.276 e. The van der Waals surface area contributed by atoms with Crippen molar-refractivity contribution in [2.24, 2.45) is 0 Å². The lowest BCUT2D eigenvalue weighted by molar-refractivity contribution is 0.415. The maximum Gasteiger partial charge on any atom is 0.276 e. The molecule has 6 aromatic rings. The summed E-state index contributed by atoms with van der Waals surface area (Å²) in [6.45, 7) is 0. The first-order valence-electron chi connectivity index (χ1n) is 12.0. The molecule has 6 heteroatoms. The molecule has 0 saturated carbocycles. The molecule has 180 valence electrons. The van der Waals surface area contributed by atoms with Crippen LogP contribution >= 0.6 is 0 Å².